The molecule has 0 saturated heterocycles. The number of hydrogen-bond donors (Lipinski definition) is 2. The zero-order valence-electron chi connectivity index (χ0n) is 19.7. The fourth-order valence-electron chi connectivity index (χ4n) is 3.46. The standard InChI is InChI=1S/C26H29N3O4S/c1-18(2)27-26(31)22-12-8-9-13-23(22)28-25(30)17-29(24-16-19(3)14-15-20(24)4)34(32,33)21-10-6-5-7-11-21/h5-16,18H,17H2,1-4H3,(H,27,31)(H,28,30). The third-order valence-electron chi connectivity index (χ3n) is 5.12. The van der Waals surface area contributed by atoms with E-state index >= 15 is 0 Å². The Morgan fingerprint density at radius 1 is 0.912 bits per heavy atom. The number of anilines is 2. The molecular formula is C26H29N3O4S. The summed E-state index contributed by atoms with van der Waals surface area (Å²) in [5.41, 5.74) is 2.61. The summed E-state index contributed by atoms with van der Waals surface area (Å²) in [6.45, 7) is 6.89. The highest BCUT2D eigenvalue weighted by molar-refractivity contribution is 7.92. The molecule has 0 bridgehead atoms. The molecule has 34 heavy (non-hydrogen) atoms. The average molecular weight is 480 g/mol. The number of carbonyl (C=O) groups is 2. The van der Waals surface area contributed by atoms with Gasteiger partial charge in [0.2, 0.25) is 5.91 Å². The maximum absolute atomic E-state index is 13.6. The van der Waals surface area contributed by atoms with Gasteiger partial charge in [0, 0.05) is 6.04 Å². The highest BCUT2D eigenvalue weighted by atomic mass is 32.2. The molecule has 0 unspecified atom stereocenters. The molecule has 3 aromatic carbocycles. The molecule has 0 aliphatic rings. The largest absolute Gasteiger partial charge is 0.350 e. The van der Waals surface area contributed by atoms with Gasteiger partial charge in [-0.25, -0.2) is 8.42 Å². The van der Waals surface area contributed by atoms with Crippen molar-refractivity contribution >= 4 is 33.2 Å². The number of rotatable bonds is 8. The Kier molecular flexibility index (Phi) is 7.73. The minimum atomic E-state index is -4.03. The van der Waals surface area contributed by atoms with E-state index in [0.717, 1.165) is 15.4 Å². The Bertz CT molecular complexity index is 1290. The molecule has 7 nitrogen and oxygen atoms in total. The fraction of sp³-hybridized carbons (Fsp3) is 0.231. The Labute approximate surface area is 200 Å². The van der Waals surface area contributed by atoms with E-state index < -0.39 is 22.5 Å². The molecule has 2 N–H and O–H groups in total. The van der Waals surface area contributed by atoms with E-state index in [1.54, 1.807) is 55.5 Å². The second kappa shape index (κ2) is 10.5. The van der Waals surface area contributed by atoms with Crippen LogP contribution < -0.4 is 14.9 Å². The molecule has 3 aromatic rings. The average Bonchev–Trinajstić information content (AvgIpc) is 2.79. The highest BCUT2D eigenvalue weighted by Gasteiger charge is 2.28. The Morgan fingerprint density at radius 2 is 1.56 bits per heavy atom. The summed E-state index contributed by atoms with van der Waals surface area (Å²) in [6, 6.07) is 20.0. The van der Waals surface area contributed by atoms with Gasteiger partial charge in [0.1, 0.15) is 6.54 Å². The minimum Gasteiger partial charge on any atom is -0.350 e. The van der Waals surface area contributed by atoms with Crippen LogP contribution in [0.3, 0.4) is 0 Å². The van der Waals surface area contributed by atoms with Crippen molar-refractivity contribution in [3.63, 3.8) is 0 Å². The predicted molar refractivity (Wildman–Crippen MR) is 135 cm³/mol. The third-order valence-corrected chi connectivity index (χ3v) is 6.89. The molecule has 0 spiro atoms. The highest BCUT2D eigenvalue weighted by Crippen LogP contribution is 2.28. The van der Waals surface area contributed by atoms with E-state index in [-0.39, 0.29) is 16.8 Å². The number of sulfonamides is 1. The number of hydrogen-bond acceptors (Lipinski definition) is 4. The summed E-state index contributed by atoms with van der Waals surface area (Å²) < 4.78 is 28.2. The molecule has 2 amide bonds. The van der Waals surface area contributed by atoms with Crippen LogP contribution in [0.4, 0.5) is 11.4 Å². The maximum atomic E-state index is 13.6. The van der Waals surface area contributed by atoms with Crippen LogP contribution in [-0.4, -0.2) is 32.8 Å². The van der Waals surface area contributed by atoms with E-state index in [0.29, 0.717) is 16.9 Å². The zero-order chi connectivity index (χ0) is 24.9. The van der Waals surface area contributed by atoms with Crippen molar-refractivity contribution in [2.75, 3.05) is 16.2 Å². The lowest BCUT2D eigenvalue weighted by molar-refractivity contribution is -0.114. The molecule has 0 radical (unpaired) electrons. The maximum Gasteiger partial charge on any atom is 0.264 e. The lowest BCUT2D eigenvalue weighted by Gasteiger charge is -2.26. The number of nitrogens with one attached hydrogen (secondary N) is 2. The molecular weight excluding hydrogens is 450 g/mol. The van der Waals surface area contributed by atoms with Gasteiger partial charge in [0.05, 0.1) is 21.8 Å². The minimum absolute atomic E-state index is 0.0768. The van der Waals surface area contributed by atoms with Crippen molar-refractivity contribution < 1.29 is 18.0 Å². The first kappa shape index (κ1) is 25.0. The van der Waals surface area contributed by atoms with Crippen LogP contribution in [0.1, 0.15) is 35.3 Å². The quantitative estimate of drug-likeness (QED) is 0.504. The topological polar surface area (TPSA) is 95.6 Å². The molecule has 178 valence electrons. The van der Waals surface area contributed by atoms with Crippen LogP contribution in [0.5, 0.6) is 0 Å². The lowest BCUT2D eigenvalue weighted by Crippen LogP contribution is -2.39. The van der Waals surface area contributed by atoms with Gasteiger partial charge in [-0.15, -0.1) is 0 Å². The number of amides is 2. The Hall–Kier alpha value is -3.65. The van der Waals surface area contributed by atoms with Gasteiger partial charge in [-0.1, -0.05) is 42.5 Å². The van der Waals surface area contributed by atoms with Crippen molar-refractivity contribution in [1.82, 2.24) is 5.32 Å². The van der Waals surface area contributed by atoms with E-state index in [9.17, 15) is 18.0 Å². The van der Waals surface area contributed by atoms with E-state index in [2.05, 4.69) is 10.6 Å². The van der Waals surface area contributed by atoms with Crippen molar-refractivity contribution in [3.05, 3.63) is 89.5 Å². The van der Waals surface area contributed by atoms with Gasteiger partial charge in [-0.2, -0.15) is 0 Å². The SMILES string of the molecule is Cc1ccc(C)c(N(CC(=O)Nc2ccccc2C(=O)NC(C)C)S(=O)(=O)c2ccccc2)c1. The third kappa shape index (κ3) is 5.82. The van der Waals surface area contributed by atoms with Crippen molar-refractivity contribution in [3.8, 4) is 0 Å². The van der Waals surface area contributed by atoms with Gasteiger partial charge in [-0.3, -0.25) is 13.9 Å². The Morgan fingerprint density at radius 3 is 2.24 bits per heavy atom. The van der Waals surface area contributed by atoms with E-state index in [1.807, 2.05) is 32.9 Å². The number of para-hydroxylation sites is 1. The van der Waals surface area contributed by atoms with Crippen molar-refractivity contribution in [2.24, 2.45) is 0 Å². The molecule has 0 saturated carbocycles. The molecule has 0 atom stereocenters. The molecule has 3 rings (SSSR count). The number of carbonyl (C=O) groups excluding carboxylic acids is 2. The summed E-state index contributed by atoms with van der Waals surface area (Å²) in [6.07, 6.45) is 0. The zero-order valence-corrected chi connectivity index (χ0v) is 20.5. The summed E-state index contributed by atoms with van der Waals surface area (Å²) in [5, 5.41) is 5.52. The second-order valence-electron chi connectivity index (χ2n) is 8.34. The van der Waals surface area contributed by atoms with Crippen LogP contribution in [0.25, 0.3) is 0 Å². The molecule has 0 fully saturated rings. The van der Waals surface area contributed by atoms with Crippen LogP contribution in [0.2, 0.25) is 0 Å². The summed E-state index contributed by atoms with van der Waals surface area (Å²) >= 11 is 0. The molecule has 0 aromatic heterocycles. The Balaban J connectivity index is 1.97. The number of aryl methyl sites for hydroxylation is 2. The van der Waals surface area contributed by atoms with Crippen LogP contribution in [-0.2, 0) is 14.8 Å². The first-order valence-corrected chi connectivity index (χ1v) is 12.4. The molecule has 8 heteroatoms. The molecule has 0 aliphatic heterocycles. The first-order chi connectivity index (χ1) is 16.1. The van der Waals surface area contributed by atoms with Crippen LogP contribution in [0.15, 0.2) is 77.7 Å². The number of nitrogens with zero attached hydrogens (tertiary/aromatic N) is 1. The smallest absolute Gasteiger partial charge is 0.264 e. The summed E-state index contributed by atoms with van der Waals surface area (Å²) in [7, 11) is -4.03. The van der Waals surface area contributed by atoms with Gasteiger partial charge in [0.25, 0.3) is 15.9 Å². The van der Waals surface area contributed by atoms with Gasteiger partial charge in [0.15, 0.2) is 0 Å². The van der Waals surface area contributed by atoms with Crippen LogP contribution >= 0.6 is 0 Å². The lowest BCUT2D eigenvalue weighted by atomic mass is 10.1. The predicted octanol–water partition coefficient (Wildman–Crippen LogP) is 4.28. The first-order valence-electron chi connectivity index (χ1n) is 10.9. The second-order valence-corrected chi connectivity index (χ2v) is 10.2. The molecule has 0 heterocycles. The van der Waals surface area contributed by atoms with Crippen LogP contribution in [0, 0.1) is 13.8 Å². The molecule has 0 aliphatic carbocycles. The van der Waals surface area contributed by atoms with E-state index in [1.165, 1.54) is 12.1 Å². The normalized spacial score (nSPS) is 11.2. The summed E-state index contributed by atoms with van der Waals surface area (Å²) in [5.74, 6) is -0.889. The summed E-state index contributed by atoms with van der Waals surface area (Å²) in [4.78, 5) is 25.8. The number of benzene rings is 3. The van der Waals surface area contributed by atoms with Gasteiger partial charge < -0.3 is 10.6 Å². The van der Waals surface area contributed by atoms with E-state index in [4.69, 9.17) is 0 Å². The monoisotopic (exact) mass is 479 g/mol. The van der Waals surface area contributed by atoms with Gasteiger partial charge in [-0.05, 0) is 69.2 Å². The van der Waals surface area contributed by atoms with Crippen molar-refractivity contribution in [1.29, 1.82) is 0 Å². The van der Waals surface area contributed by atoms with Crippen molar-refractivity contribution in [2.45, 2.75) is 38.6 Å². The van der Waals surface area contributed by atoms with Gasteiger partial charge >= 0.3 is 0 Å². The fourth-order valence-corrected chi connectivity index (χ4v) is 4.96.